The van der Waals surface area contributed by atoms with Gasteiger partial charge in [0.15, 0.2) is 0 Å². The van der Waals surface area contributed by atoms with Crippen molar-refractivity contribution in [1.29, 1.82) is 0 Å². The van der Waals surface area contributed by atoms with Crippen molar-refractivity contribution in [3.8, 4) is 11.6 Å². The molecule has 0 fully saturated rings. The van der Waals surface area contributed by atoms with Crippen molar-refractivity contribution in [2.24, 2.45) is 0 Å². The van der Waals surface area contributed by atoms with Crippen molar-refractivity contribution >= 4 is 46.4 Å². The minimum absolute atomic E-state index is 0.259. The lowest BCUT2D eigenvalue weighted by atomic mass is 10.3. The van der Waals surface area contributed by atoms with Gasteiger partial charge in [-0.15, -0.1) is 11.6 Å². The van der Waals surface area contributed by atoms with Crippen molar-refractivity contribution < 1.29 is 4.74 Å². The number of halogens is 4. The second-order valence-corrected chi connectivity index (χ2v) is 4.96. The van der Waals surface area contributed by atoms with E-state index in [9.17, 15) is 0 Å². The third-order valence-corrected chi connectivity index (χ3v) is 3.24. The van der Waals surface area contributed by atoms with E-state index in [2.05, 4.69) is 4.98 Å². The Hall–Kier alpha value is -0.670. The Bertz CT molecular complexity index is 574. The van der Waals surface area contributed by atoms with Gasteiger partial charge in [0, 0.05) is 23.2 Å². The number of hydrogen-bond donors (Lipinski definition) is 0. The topological polar surface area (TPSA) is 22.1 Å². The Kier molecular flexibility index (Phi) is 4.57. The van der Waals surface area contributed by atoms with Crippen molar-refractivity contribution in [2.45, 2.75) is 5.88 Å². The fourth-order valence-corrected chi connectivity index (χ4v) is 1.96. The lowest BCUT2D eigenvalue weighted by Gasteiger charge is -2.09. The molecule has 0 atom stereocenters. The lowest BCUT2D eigenvalue weighted by Crippen LogP contribution is -1.91. The predicted molar refractivity (Wildman–Crippen MR) is 75.3 cm³/mol. The molecular weight excluding hydrogens is 316 g/mol. The summed E-state index contributed by atoms with van der Waals surface area (Å²) in [7, 11) is 0. The van der Waals surface area contributed by atoms with Crippen LogP contribution in [-0.4, -0.2) is 4.98 Å². The SMILES string of the molecule is ClCc1cnc(Oc2cc(Cl)ccc2Cl)c(Cl)c1. The molecule has 2 rings (SSSR count). The molecule has 2 nitrogen and oxygen atoms in total. The highest BCUT2D eigenvalue weighted by Gasteiger charge is 2.09. The Balaban J connectivity index is 2.31. The summed E-state index contributed by atoms with van der Waals surface area (Å²) in [5, 5.41) is 1.31. The molecule has 0 amide bonds. The van der Waals surface area contributed by atoms with E-state index in [0.29, 0.717) is 26.7 Å². The van der Waals surface area contributed by atoms with Crippen LogP contribution in [0.1, 0.15) is 5.56 Å². The number of ether oxygens (including phenoxy) is 1. The summed E-state index contributed by atoms with van der Waals surface area (Å²) in [6.45, 7) is 0. The fraction of sp³-hybridized carbons (Fsp3) is 0.0833. The number of benzene rings is 1. The Labute approximate surface area is 124 Å². The molecule has 18 heavy (non-hydrogen) atoms. The molecule has 94 valence electrons. The first-order valence-corrected chi connectivity index (χ1v) is 6.60. The third-order valence-electron chi connectivity index (χ3n) is 2.12. The average molecular weight is 323 g/mol. The molecule has 1 aromatic heterocycles. The molecule has 2 aromatic rings. The highest BCUT2D eigenvalue weighted by atomic mass is 35.5. The zero-order chi connectivity index (χ0) is 13.1. The number of alkyl halides is 1. The monoisotopic (exact) mass is 321 g/mol. The molecule has 0 spiro atoms. The minimum atomic E-state index is 0.259. The van der Waals surface area contributed by atoms with Crippen molar-refractivity contribution in [3.63, 3.8) is 0 Å². The quantitative estimate of drug-likeness (QED) is 0.689. The molecule has 0 bridgehead atoms. The molecule has 6 heteroatoms. The van der Waals surface area contributed by atoms with Crippen LogP contribution in [-0.2, 0) is 5.88 Å². The number of pyridine rings is 1. The van der Waals surface area contributed by atoms with E-state index >= 15 is 0 Å². The van der Waals surface area contributed by atoms with Crippen LogP contribution in [0.15, 0.2) is 30.5 Å². The maximum absolute atomic E-state index is 6.03. The van der Waals surface area contributed by atoms with Crippen molar-refractivity contribution in [2.75, 3.05) is 0 Å². The second kappa shape index (κ2) is 5.98. The highest BCUT2D eigenvalue weighted by Crippen LogP contribution is 2.34. The standard InChI is InChI=1S/C12H7Cl4NO/c13-5-7-3-10(16)12(17-6-7)18-11-4-8(14)1-2-9(11)15/h1-4,6H,5H2. The van der Waals surface area contributed by atoms with Crippen LogP contribution in [0.2, 0.25) is 15.1 Å². The number of rotatable bonds is 3. The summed E-state index contributed by atoms with van der Waals surface area (Å²) in [6.07, 6.45) is 1.59. The molecule has 0 radical (unpaired) electrons. The summed E-state index contributed by atoms with van der Waals surface area (Å²) in [6, 6.07) is 6.59. The molecule has 0 unspecified atom stereocenters. The molecule has 1 heterocycles. The van der Waals surface area contributed by atoms with Crippen LogP contribution >= 0.6 is 46.4 Å². The molecule has 0 aliphatic rings. The van der Waals surface area contributed by atoms with Gasteiger partial charge >= 0.3 is 0 Å². The Morgan fingerprint density at radius 1 is 1.06 bits per heavy atom. The van der Waals surface area contributed by atoms with Gasteiger partial charge in [0.1, 0.15) is 10.8 Å². The van der Waals surface area contributed by atoms with Gasteiger partial charge < -0.3 is 4.74 Å². The van der Waals surface area contributed by atoms with Gasteiger partial charge in [-0.1, -0.05) is 34.8 Å². The van der Waals surface area contributed by atoms with E-state index in [-0.39, 0.29) is 5.88 Å². The van der Waals surface area contributed by atoms with Gasteiger partial charge in [-0.3, -0.25) is 0 Å². The average Bonchev–Trinajstić information content (AvgIpc) is 2.36. The van der Waals surface area contributed by atoms with Crippen LogP contribution in [0.5, 0.6) is 11.6 Å². The maximum atomic E-state index is 6.03. The molecule has 0 aliphatic carbocycles. The van der Waals surface area contributed by atoms with Crippen molar-refractivity contribution in [3.05, 3.63) is 51.1 Å². The molecule has 0 saturated heterocycles. The zero-order valence-electron chi connectivity index (χ0n) is 8.96. The van der Waals surface area contributed by atoms with E-state index < -0.39 is 0 Å². The smallest absolute Gasteiger partial charge is 0.238 e. The second-order valence-electron chi connectivity index (χ2n) is 3.44. The summed E-state index contributed by atoms with van der Waals surface area (Å²) < 4.78 is 5.52. The first-order valence-electron chi connectivity index (χ1n) is 4.93. The molecule has 0 aliphatic heterocycles. The fourth-order valence-electron chi connectivity index (χ4n) is 1.27. The predicted octanol–water partition coefficient (Wildman–Crippen LogP) is 5.57. The minimum Gasteiger partial charge on any atom is -0.436 e. The van der Waals surface area contributed by atoms with Crippen LogP contribution in [0.25, 0.3) is 0 Å². The number of hydrogen-bond acceptors (Lipinski definition) is 2. The summed E-state index contributed by atoms with van der Waals surface area (Å²) in [5.41, 5.74) is 0.811. The summed E-state index contributed by atoms with van der Waals surface area (Å²) >= 11 is 23.5. The highest BCUT2D eigenvalue weighted by molar-refractivity contribution is 6.34. The molecule has 0 N–H and O–H groups in total. The first kappa shape index (κ1) is 13.8. The van der Waals surface area contributed by atoms with Crippen LogP contribution < -0.4 is 4.74 Å². The van der Waals surface area contributed by atoms with Gasteiger partial charge in [-0.25, -0.2) is 4.98 Å². The number of nitrogens with zero attached hydrogens (tertiary/aromatic N) is 1. The van der Waals surface area contributed by atoms with E-state index in [4.69, 9.17) is 51.1 Å². The normalized spacial score (nSPS) is 10.4. The van der Waals surface area contributed by atoms with E-state index in [0.717, 1.165) is 5.56 Å². The van der Waals surface area contributed by atoms with Crippen molar-refractivity contribution in [1.82, 2.24) is 4.98 Å². The van der Waals surface area contributed by atoms with Gasteiger partial charge in [-0.05, 0) is 23.8 Å². The van der Waals surface area contributed by atoms with Gasteiger partial charge in [0.2, 0.25) is 5.88 Å². The third kappa shape index (κ3) is 3.21. The van der Waals surface area contributed by atoms with Gasteiger partial charge in [0.25, 0.3) is 0 Å². The van der Waals surface area contributed by atoms with Gasteiger partial charge in [-0.2, -0.15) is 0 Å². The first-order chi connectivity index (χ1) is 8.60. The Morgan fingerprint density at radius 2 is 1.83 bits per heavy atom. The number of aromatic nitrogens is 1. The van der Waals surface area contributed by atoms with E-state index in [1.165, 1.54) is 0 Å². The largest absolute Gasteiger partial charge is 0.436 e. The molecule has 1 aromatic carbocycles. The van der Waals surface area contributed by atoms with Crippen LogP contribution in [0.3, 0.4) is 0 Å². The molecule has 0 saturated carbocycles. The maximum Gasteiger partial charge on any atom is 0.238 e. The van der Waals surface area contributed by atoms with Crippen LogP contribution in [0, 0.1) is 0 Å². The zero-order valence-corrected chi connectivity index (χ0v) is 12.0. The van der Waals surface area contributed by atoms with E-state index in [1.807, 2.05) is 0 Å². The lowest BCUT2D eigenvalue weighted by molar-refractivity contribution is 0.463. The van der Waals surface area contributed by atoms with E-state index in [1.54, 1.807) is 30.5 Å². The summed E-state index contributed by atoms with van der Waals surface area (Å²) in [5.74, 6) is 0.997. The van der Waals surface area contributed by atoms with Crippen LogP contribution in [0.4, 0.5) is 0 Å². The summed E-state index contributed by atoms with van der Waals surface area (Å²) in [4.78, 5) is 4.07. The molecular formula is C12H7Cl4NO. The Morgan fingerprint density at radius 3 is 2.50 bits per heavy atom. The van der Waals surface area contributed by atoms with Gasteiger partial charge in [0.05, 0.1) is 5.02 Å².